The van der Waals surface area contributed by atoms with Crippen molar-refractivity contribution < 1.29 is 9.50 Å². The van der Waals surface area contributed by atoms with Crippen LogP contribution in [-0.2, 0) is 0 Å². The van der Waals surface area contributed by atoms with Crippen LogP contribution < -0.4 is 10.2 Å². The number of hydrogen-bond acceptors (Lipinski definition) is 3. The smallest absolute Gasteiger partial charge is 0.123 e. The SMILES string of the molecule is CCCNC(C)c1cc(F)ccc1N1CCCC(O)C1. The zero-order valence-electron chi connectivity index (χ0n) is 12.4. The molecule has 1 heterocycles. The third-order valence-electron chi connectivity index (χ3n) is 3.89. The van der Waals surface area contributed by atoms with Crippen LogP contribution in [0.25, 0.3) is 0 Å². The first-order valence-electron chi connectivity index (χ1n) is 7.57. The van der Waals surface area contributed by atoms with E-state index in [1.54, 1.807) is 6.07 Å². The molecule has 4 heteroatoms. The van der Waals surface area contributed by atoms with Gasteiger partial charge in [0.2, 0.25) is 0 Å². The molecule has 0 aromatic heterocycles. The van der Waals surface area contributed by atoms with Gasteiger partial charge in [-0.3, -0.25) is 0 Å². The largest absolute Gasteiger partial charge is 0.391 e. The Hall–Kier alpha value is -1.13. The minimum atomic E-state index is -0.277. The highest BCUT2D eigenvalue weighted by atomic mass is 19.1. The van der Waals surface area contributed by atoms with E-state index in [0.717, 1.165) is 43.6 Å². The fourth-order valence-corrected chi connectivity index (χ4v) is 2.80. The fourth-order valence-electron chi connectivity index (χ4n) is 2.80. The lowest BCUT2D eigenvalue weighted by Crippen LogP contribution is -2.39. The van der Waals surface area contributed by atoms with Crippen molar-refractivity contribution in [1.29, 1.82) is 0 Å². The molecule has 112 valence electrons. The number of nitrogens with one attached hydrogen (secondary N) is 1. The van der Waals surface area contributed by atoms with Gasteiger partial charge in [0.15, 0.2) is 0 Å². The number of aliphatic hydroxyl groups is 1. The van der Waals surface area contributed by atoms with E-state index in [0.29, 0.717) is 6.54 Å². The van der Waals surface area contributed by atoms with E-state index in [2.05, 4.69) is 24.1 Å². The molecule has 0 saturated carbocycles. The van der Waals surface area contributed by atoms with Crippen molar-refractivity contribution >= 4 is 5.69 Å². The normalized spacial score (nSPS) is 21.0. The minimum absolute atomic E-state index is 0.111. The molecule has 1 aromatic carbocycles. The second kappa shape index (κ2) is 7.04. The van der Waals surface area contributed by atoms with Crippen molar-refractivity contribution in [3.05, 3.63) is 29.6 Å². The molecule has 3 nitrogen and oxygen atoms in total. The monoisotopic (exact) mass is 280 g/mol. The van der Waals surface area contributed by atoms with Crippen LogP contribution in [-0.4, -0.2) is 30.8 Å². The van der Waals surface area contributed by atoms with Gasteiger partial charge in [-0.1, -0.05) is 6.92 Å². The maximum atomic E-state index is 13.6. The Morgan fingerprint density at radius 1 is 1.50 bits per heavy atom. The van der Waals surface area contributed by atoms with Crippen LogP contribution in [0.2, 0.25) is 0 Å². The van der Waals surface area contributed by atoms with E-state index >= 15 is 0 Å². The summed E-state index contributed by atoms with van der Waals surface area (Å²) in [5.74, 6) is -0.202. The Bertz CT molecular complexity index is 438. The quantitative estimate of drug-likeness (QED) is 0.870. The van der Waals surface area contributed by atoms with Crippen LogP contribution in [0.5, 0.6) is 0 Å². The predicted octanol–water partition coefficient (Wildman–Crippen LogP) is 2.85. The molecule has 0 bridgehead atoms. The van der Waals surface area contributed by atoms with Gasteiger partial charge in [-0.2, -0.15) is 0 Å². The first-order valence-corrected chi connectivity index (χ1v) is 7.57. The molecule has 2 atom stereocenters. The maximum Gasteiger partial charge on any atom is 0.123 e. The number of benzene rings is 1. The average molecular weight is 280 g/mol. The molecule has 1 aromatic rings. The van der Waals surface area contributed by atoms with Gasteiger partial charge < -0.3 is 15.3 Å². The Kier molecular flexibility index (Phi) is 5.38. The molecular weight excluding hydrogens is 255 g/mol. The van der Waals surface area contributed by atoms with Crippen LogP contribution in [0.1, 0.15) is 44.7 Å². The first-order chi connectivity index (χ1) is 9.61. The van der Waals surface area contributed by atoms with Crippen LogP contribution in [0.15, 0.2) is 18.2 Å². The highest BCUT2D eigenvalue weighted by Gasteiger charge is 2.22. The van der Waals surface area contributed by atoms with Gasteiger partial charge in [-0.05, 0) is 56.5 Å². The second-order valence-electron chi connectivity index (χ2n) is 5.62. The van der Waals surface area contributed by atoms with E-state index in [-0.39, 0.29) is 18.0 Å². The third kappa shape index (κ3) is 3.70. The second-order valence-corrected chi connectivity index (χ2v) is 5.62. The summed E-state index contributed by atoms with van der Waals surface area (Å²) >= 11 is 0. The first kappa shape index (κ1) is 15.3. The number of β-amino-alcohol motifs (C(OH)–C–C–N with tert-alkyl or cyclic N) is 1. The molecule has 1 aliphatic rings. The number of hydrogen-bond donors (Lipinski definition) is 2. The standard InChI is InChI=1S/C16H25FN2O/c1-3-8-18-12(2)15-10-13(17)6-7-16(15)19-9-4-5-14(20)11-19/h6-7,10,12,14,18,20H,3-5,8-9,11H2,1-2H3. The zero-order valence-corrected chi connectivity index (χ0v) is 12.4. The molecule has 1 fully saturated rings. The van der Waals surface area contributed by atoms with Gasteiger partial charge in [-0.25, -0.2) is 4.39 Å². The summed E-state index contributed by atoms with van der Waals surface area (Å²) in [6, 6.07) is 5.07. The van der Waals surface area contributed by atoms with Gasteiger partial charge in [0, 0.05) is 24.8 Å². The topological polar surface area (TPSA) is 35.5 Å². The Morgan fingerprint density at radius 3 is 3.00 bits per heavy atom. The Morgan fingerprint density at radius 2 is 2.30 bits per heavy atom. The van der Waals surface area contributed by atoms with E-state index in [1.165, 1.54) is 6.07 Å². The summed E-state index contributed by atoms with van der Waals surface area (Å²) in [5, 5.41) is 13.2. The van der Waals surface area contributed by atoms with Crippen molar-refractivity contribution in [2.24, 2.45) is 0 Å². The van der Waals surface area contributed by atoms with Crippen LogP contribution in [0.3, 0.4) is 0 Å². The van der Waals surface area contributed by atoms with Gasteiger partial charge in [-0.15, -0.1) is 0 Å². The molecule has 20 heavy (non-hydrogen) atoms. The van der Waals surface area contributed by atoms with Gasteiger partial charge in [0.1, 0.15) is 5.82 Å². The Balaban J connectivity index is 2.22. The van der Waals surface area contributed by atoms with Crippen molar-refractivity contribution in [2.45, 2.75) is 45.3 Å². The van der Waals surface area contributed by atoms with Crippen molar-refractivity contribution in [1.82, 2.24) is 5.32 Å². The summed E-state index contributed by atoms with van der Waals surface area (Å²) in [5.41, 5.74) is 2.02. The lowest BCUT2D eigenvalue weighted by molar-refractivity contribution is 0.154. The van der Waals surface area contributed by atoms with Crippen LogP contribution >= 0.6 is 0 Å². The minimum Gasteiger partial charge on any atom is -0.391 e. The Labute approximate surface area is 120 Å². The summed E-state index contributed by atoms with van der Waals surface area (Å²) < 4.78 is 13.6. The molecule has 2 unspecified atom stereocenters. The molecule has 1 saturated heterocycles. The molecule has 0 aliphatic carbocycles. The number of piperidine rings is 1. The highest BCUT2D eigenvalue weighted by molar-refractivity contribution is 5.55. The number of aliphatic hydroxyl groups excluding tert-OH is 1. The molecule has 0 spiro atoms. The van der Waals surface area contributed by atoms with Gasteiger partial charge >= 0.3 is 0 Å². The zero-order chi connectivity index (χ0) is 14.5. The van der Waals surface area contributed by atoms with E-state index in [4.69, 9.17) is 0 Å². The molecule has 0 radical (unpaired) electrons. The molecule has 1 aliphatic heterocycles. The number of nitrogens with zero attached hydrogens (tertiary/aromatic N) is 1. The highest BCUT2D eigenvalue weighted by Crippen LogP contribution is 2.29. The summed E-state index contributed by atoms with van der Waals surface area (Å²) in [4.78, 5) is 2.17. The summed E-state index contributed by atoms with van der Waals surface area (Å²) in [6.07, 6.45) is 2.61. The lowest BCUT2D eigenvalue weighted by atomic mass is 10.0. The van der Waals surface area contributed by atoms with E-state index in [1.807, 2.05) is 6.07 Å². The molecular formula is C16H25FN2O. The molecule has 2 N–H and O–H groups in total. The van der Waals surface area contributed by atoms with Crippen LogP contribution in [0.4, 0.5) is 10.1 Å². The molecule has 2 rings (SSSR count). The lowest BCUT2D eigenvalue weighted by Gasteiger charge is -2.34. The molecule has 0 amide bonds. The number of rotatable bonds is 5. The van der Waals surface area contributed by atoms with Crippen LogP contribution in [0, 0.1) is 5.82 Å². The van der Waals surface area contributed by atoms with Crippen molar-refractivity contribution in [3.63, 3.8) is 0 Å². The van der Waals surface area contributed by atoms with Gasteiger partial charge in [0.05, 0.1) is 6.10 Å². The number of halogens is 1. The van der Waals surface area contributed by atoms with E-state index in [9.17, 15) is 9.50 Å². The van der Waals surface area contributed by atoms with Crippen molar-refractivity contribution in [2.75, 3.05) is 24.5 Å². The summed E-state index contributed by atoms with van der Waals surface area (Å²) in [6.45, 7) is 6.66. The fraction of sp³-hybridized carbons (Fsp3) is 0.625. The van der Waals surface area contributed by atoms with Crippen molar-refractivity contribution in [3.8, 4) is 0 Å². The summed E-state index contributed by atoms with van der Waals surface area (Å²) in [7, 11) is 0. The number of anilines is 1. The third-order valence-corrected chi connectivity index (χ3v) is 3.89. The van der Waals surface area contributed by atoms with E-state index < -0.39 is 0 Å². The predicted molar refractivity (Wildman–Crippen MR) is 80.6 cm³/mol. The average Bonchev–Trinajstić information content (AvgIpc) is 2.44. The maximum absolute atomic E-state index is 13.6. The van der Waals surface area contributed by atoms with Gasteiger partial charge in [0.25, 0.3) is 0 Å².